The first-order valence-corrected chi connectivity index (χ1v) is 8.86. The van der Waals surface area contributed by atoms with Crippen molar-refractivity contribution in [1.82, 2.24) is 9.21 Å². The van der Waals surface area contributed by atoms with Gasteiger partial charge in [-0.2, -0.15) is 4.31 Å². The molecule has 0 saturated carbocycles. The molecule has 1 aromatic rings. The van der Waals surface area contributed by atoms with Gasteiger partial charge in [0, 0.05) is 30.7 Å². The molecule has 1 aromatic carbocycles. The lowest BCUT2D eigenvalue weighted by molar-refractivity contribution is -0.133. The number of nitrogens with two attached hydrogens (primary N) is 1. The molecule has 0 radical (unpaired) electrons. The smallest absolute Gasteiger partial charge is 0.243 e. The highest BCUT2D eigenvalue weighted by Gasteiger charge is 2.30. The van der Waals surface area contributed by atoms with Gasteiger partial charge in [-0.25, -0.2) is 8.42 Å². The van der Waals surface area contributed by atoms with Gasteiger partial charge >= 0.3 is 0 Å². The lowest BCUT2D eigenvalue weighted by Gasteiger charge is -2.34. The molecule has 116 valence electrons. The summed E-state index contributed by atoms with van der Waals surface area (Å²) in [5.41, 5.74) is 5.56. The van der Waals surface area contributed by atoms with Crippen molar-refractivity contribution in [2.75, 3.05) is 26.2 Å². The van der Waals surface area contributed by atoms with E-state index >= 15 is 0 Å². The number of carbonyl (C=O) groups excluding carboxylic acids is 1. The molecule has 6 nitrogen and oxygen atoms in total. The van der Waals surface area contributed by atoms with Gasteiger partial charge in [0.15, 0.2) is 0 Å². The van der Waals surface area contributed by atoms with E-state index in [1.807, 2.05) is 0 Å². The first-order valence-electron chi connectivity index (χ1n) is 6.62. The Labute approximate surface area is 133 Å². The third kappa shape index (κ3) is 3.63. The highest BCUT2D eigenvalue weighted by atomic mass is 79.9. The summed E-state index contributed by atoms with van der Waals surface area (Å²) >= 11 is 3.28. The number of hydrogen-bond donors (Lipinski definition) is 1. The maximum absolute atomic E-state index is 12.5. The average Bonchev–Trinajstić information content (AvgIpc) is 2.47. The average molecular weight is 376 g/mol. The molecular weight excluding hydrogens is 358 g/mol. The number of halogens is 1. The molecule has 21 heavy (non-hydrogen) atoms. The van der Waals surface area contributed by atoms with Crippen LogP contribution in [-0.4, -0.2) is 55.8 Å². The second-order valence-electron chi connectivity index (χ2n) is 4.97. The monoisotopic (exact) mass is 375 g/mol. The van der Waals surface area contributed by atoms with Crippen LogP contribution in [0, 0.1) is 0 Å². The number of carbonyl (C=O) groups is 1. The SMILES string of the molecule is C[C@H](N)C(=O)N1CCN(S(=O)(=O)c2ccc(Br)cc2)CC1. The van der Waals surface area contributed by atoms with Crippen molar-refractivity contribution >= 4 is 31.9 Å². The zero-order valence-electron chi connectivity index (χ0n) is 11.7. The summed E-state index contributed by atoms with van der Waals surface area (Å²) in [6, 6.07) is 5.98. The largest absolute Gasteiger partial charge is 0.339 e. The molecular formula is C13H18BrN3O3S. The summed E-state index contributed by atoms with van der Waals surface area (Å²) in [6.45, 7) is 2.95. The molecule has 2 rings (SSSR count). The summed E-state index contributed by atoms with van der Waals surface area (Å²) < 4.78 is 27.2. The summed E-state index contributed by atoms with van der Waals surface area (Å²) in [5.74, 6) is -0.143. The van der Waals surface area contributed by atoms with Crippen LogP contribution in [0.1, 0.15) is 6.92 Å². The fourth-order valence-corrected chi connectivity index (χ4v) is 3.88. The van der Waals surface area contributed by atoms with E-state index < -0.39 is 16.1 Å². The number of rotatable bonds is 3. The molecule has 1 atom stereocenters. The Hall–Kier alpha value is -0.960. The molecule has 1 saturated heterocycles. The molecule has 1 amide bonds. The molecule has 0 aliphatic carbocycles. The molecule has 0 unspecified atom stereocenters. The van der Waals surface area contributed by atoms with Crippen LogP contribution in [0.2, 0.25) is 0 Å². The minimum absolute atomic E-state index is 0.143. The molecule has 1 heterocycles. The van der Waals surface area contributed by atoms with E-state index in [2.05, 4.69) is 15.9 Å². The summed E-state index contributed by atoms with van der Waals surface area (Å²) in [5, 5.41) is 0. The first-order chi connectivity index (χ1) is 9.82. The topological polar surface area (TPSA) is 83.7 Å². The van der Waals surface area contributed by atoms with Crippen LogP contribution in [0.15, 0.2) is 33.6 Å². The van der Waals surface area contributed by atoms with Crippen LogP contribution in [0.3, 0.4) is 0 Å². The van der Waals surface area contributed by atoms with Crippen molar-refractivity contribution in [2.45, 2.75) is 17.9 Å². The van der Waals surface area contributed by atoms with E-state index in [4.69, 9.17) is 5.73 Å². The molecule has 1 aliphatic heterocycles. The molecule has 1 fully saturated rings. The minimum Gasteiger partial charge on any atom is -0.339 e. The van der Waals surface area contributed by atoms with E-state index in [1.54, 1.807) is 36.1 Å². The third-order valence-corrected chi connectivity index (χ3v) is 5.83. The predicted octanol–water partition coefficient (Wildman–Crippen LogP) is 0.629. The molecule has 0 bridgehead atoms. The van der Waals surface area contributed by atoms with Gasteiger partial charge in [-0.3, -0.25) is 4.79 Å². The van der Waals surface area contributed by atoms with Gasteiger partial charge in [-0.15, -0.1) is 0 Å². The third-order valence-electron chi connectivity index (χ3n) is 3.39. The highest BCUT2D eigenvalue weighted by molar-refractivity contribution is 9.10. The van der Waals surface area contributed by atoms with Crippen LogP contribution in [-0.2, 0) is 14.8 Å². The molecule has 0 spiro atoms. The Morgan fingerprint density at radius 3 is 2.19 bits per heavy atom. The number of benzene rings is 1. The second-order valence-corrected chi connectivity index (χ2v) is 7.83. The lowest BCUT2D eigenvalue weighted by atomic mass is 10.2. The van der Waals surface area contributed by atoms with Crippen LogP contribution >= 0.6 is 15.9 Å². The van der Waals surface area contributed by atoms with Crippen molar-refractivity contribution < 1.29 is 13.2 Å². The van der Waals surface area contributed by atoms with E-state index in [1.165, 1.54) is 4.31 Å². The van der Waals surface area contributed by atoms with E-state index in [9.17, 15) is 13.2 Å². The van der Waals surface area contributed by atoms with Crippen molar-refractivity contribution in [2.24, 2.45) is 5.73 Å². The van der Waals surface area contributed by atoms with Crippen molar-refractivity contribution in [3.05, 3.63) is 28.7 Å². The maximum atomic E-state index is 12.5. The van der Waals surface area contributed by atoms with Gasteiger partial charge in [-0.05, 0) is 31.2 Å². The summed E-state index contributed by atoms with van der Waals surface area (Å²) in [6.07, 6.45) is 0. The molecule has 2 N–H and O–H groups in total. The van der Waals surface area contributed by atoms with Gasteiger partial charge in [-0.1, -0.05) is 15.9 Å². The Morgan fingerprint density at radius 1 is 1.19 bits per heavy atom. The van der Waals surface area contributed by atoms with E-state index in [0.717, 1.165) is 4.47 Å². The summed E-state index contributed by atoms with van der Waals surface area (Å²) in [7, 11) is -3.50. The maximum Gasteiger partial charge on any atom is 0.243 e. The van der Waals surface area contributed by atoms with Gasteiger partial charge in [0.25, 0.3) is 0 Å². The Morgan fingerprint density at radius 2 is 1.71 bits per heavy atom. The molecule has 8 heteroatoms. The predicted molar refractivity (Wildman–Crippen MR) is 83.1 cm³/mol. The van der Waals surface area contributed by atoms with Gasteiger partial charge < -0.3 is 10.6 Å². The normalized spacial score (nSPS) is 18.5. The van der Waals surface area contributed by atoms with Crippen LogP contribution in [0.5, 0.6) is 0 Å². The fraction of sp³-hybridized carbons (Fsp3) is 0.462. The zero-order chi connectivity index (χ0) is 15.6. The summed E-state index contributed by atoms with van der Waals surface area (Å²) in [4.78, 5) is 13.7. The molecule has 1 aliphatic rings. The Balaban J connectivity index is 2.07. The standard InChI is InChI=1S/C13H18BrN3O3S/c1-10(15)13(18)16-6-8-17(9-7-16)21(19,20)12-4-2-11(14)3-5-12/h2-5,10H,6-9,15H2,1H3/t10-/m0/s1. The Kier molecular flexibility index (Phi) is 5.03. The van der Waals surface area contributed by atoms with Crippen molar-refractivity contribution in [1.29, 1.82) is 0 Å². The van der Waals surface area contributed by atoms with Crippen LogP contribution in [0.4, 0.5) is 0 Å². The number of piperazine rings is 1. The fourth-order valence-electron chi connectivity index (χ4n) is 2.19. The van der Waals surface area contributed by atoms with Crippen molar-refractivity contribution in [3.8, 4) is 0 Å². The zero-order valence-corrected chi connectivity index (χ0v) is 14.1. The van der Waals surface area contributed by atoms with Gasteiger partial charge in [0.2, 0.25) is 15.9 Å². The number of sulfonamides is 1. The Bertz CT molecular complexity index is 608. The van der Waals surface area contributed by atoms with E-state index in [0.29, 0.717) is 13.1 Å². The van der Waals surface area contributed by atoms with Gasteiger partial charge in [0.1, 0.15) is 0 Å². The van der Waals surface area contributed by atoms with Crippen molar-refractivity contribution in [3.63, 3.8) is 0 Å². The first kappa shape index (κ1) is 16.4. The number of amides is 1. The van der Waals surface area contributed by atoms with Gasteiger partial charge in [0.05, 0.1) is 10.9 Å². The van der Waals surface area contributed by atoms with E-state index in [-0.39, 0.29) is 23.9 Å². The van der Waals surface area contributed by atoms with Crippen LogP contribution in [0.25, 0.3) is 0 Å². The van der Waals surface area contributed by atoms with Crippen LogP contribution < -0.4 is 5.73 Å². The number of hydrogen-bond acceptors (Lipinski definition) is 4. The lowest BCUT2D eigenvalue weighted by Crippen LogP contribution is -2.53. The number of nitrogens with zero attached hydrogens (tertiary/aromatic N) is 2. The minimum atomic E-state index is -3.50. The quantitative estimate of drug-likeness (QED) is 0.839. The molecule has 0 aromatic heterocycles. The second kappa shape index (κ2) is 6.43. The highest BCUT2D eigenvalue weighted by Crippen LogP contribution is 2.20.